The molecule has 0 aliphatic rings. The molecule has 4 N–H and O–H groups in total. The molecule has 2 aromatic heterocycles. The monoisotopic (exact) mass is 275 g/mol. The largest absolute Gasteiger partial charge is 0.366 e. The number of nitrogens with two attached hydrogens (primary N) is 1. The molecule has 0 spiro atoms. The zero-order valence-electron chi connectivity index (χ0n) is 12.4. The van der Waals surface area contributed by atoms with Crippen LogP contribution in [0.15, 0.2) is 6.07 Å². The van der Waals surface area contributed by atoms with Gasteiger partial charge in [-0.05, 0) is 13.8 Å². The zero-order chi connectivity index (χ0) is 14.7. The first-order valence-corrected chi connectivity index (χ1v) is 6.62. The summed E-state index contributed by atoms with van der Waals surface area (Å²) in [6.07, 6.45) is 0.759. The molecule has 0 bridgehead atoms. The molecular formula is C13H21N7. The fourth-order valence-electron chi connectivity index (χ4n) is 2.07. The number of hydrogen-bond acceptors (Lipinski definition) is 6. The third-order valence-electron chi connectivity index (χ3n) is 3.34. The standard InChI is InChI=1S/C13H21N7/c1-5-11-16-12(6-13(17-11)18-14)15-7-10-8(2)19-20(4)9(10)3/h6H,5,7,14H2,1-4H3,(H2,15,16,17,18). The highest BCUT2D eigenvalue weighted by Crippen LogP contribution is 2.16. The van der Waals surface area contributed by atoms with Gasteiger partial charge in [0.25, 0.3) is 0 Å². The van der Waals surface area contributed by atoms with Crippen LogP contribution in [0.4, 0.5) is 11.6 Å². The van der Waals surface area contributed by atoms with Gasteiger partial charge in [0.15, 0.2) is 0 Å². The van der Waals surface area contributed by atoms with Crippen molar-refractivity contribution < 1.29 is 0 Å². The topological polar surface area (TPSA) is 93.7 Å². The van der Waals surface area contributed by atoms with Crippen molar-refractivity contribution in [2.75, 3.05) is 10.7 Å². The van der Waals surface area contributed by atoms with E-state index in [4.69, 9.17) is 5.84 Å². The maximum atomic E-state index is 5.42. The third-order valence-corrected chi connectivity index (χ3v) is 3.34. The van der Waals surface area contributed by atoms with Gasteiger partial charge < -0.3 is 10.7 Å². The molecule has 0 aliphatic carbocycles. The van der Waals surface area contributed by atoms with Crippen molar-refractivity contribution in [2.45, 2.75) is 33.7 Å². The Morgan fingerprint density at radius 3 is 2.50 bits per heavy atom. The van der Waals surface area contributed by atoms with Crippen LogP contribution < -0.4 is 16.6 Å². The fraction of sp³-hybridized carbons (Fsp3) is 0.462. The van der Waals surface area contributed by atoms with Crippen LogP contribution in [0.25, 0.3) is 0 Å². The van der Waals surface area contributed by atoms with Gasteiger partial charge in [0.05, 0.1) is 5.69 Å². The van der Waals surface area contributed by atoms with E-state index in [2.05, 4.69) is 32.7 Å². The predicted molar refractivity (Wildman–Crippen MR) is 79.2 cm³/mol. The molecule has 0 saturated heterocycles. The van der Waals surface area contributed by atoms with Gasteiger partial charge in [0.2, 0.25) is 0 Å². The lowest BCUT2D eigenvalue weighted by Gasteiger charge is -2.09. The second kappa shape index (κ2) is 5.87. The van der Waals surface area contributed by atoms with Gasteiger partial charge in [-0.3, -0.25) is 4.68 Å². The Labute approximate surface area is 118 Å². The molecule has 0 fully saturated rings. The lowest BCUT2D eigenvalue weighted by atomic mass is 10.2. The van der Waals surface area contributed by atoms with Crippen molar-refractivity contribution in [1.29, 1.82) is 0 Å². The number of hydrogen-bond donors (Lipinski definition) is 3. The van der Waals surface area contributed by atoms with Crippen LogP contribution in [-0.2, 0) is 20.0 Å². The fourth-order valence-corrected chi connectivity index (χ4v) is 2.07. The first-order valence-electron chi connectivity index (χ1n) is 6.62. The van der Waals surface area contributed by atoms with Gasteiger partial charge in [0, 0.05) is 37.3 Å². The van der Waals surface area contributed by atoms with Crippen LogP contribution in [0, 0.1) is 13.8 Å². The van der Waals surface area contributed by atoms with Gasteiger partial charge in [-0.15, -0.1) is 0 Å². The molecule has 2 aromatic rings. The van der Waals surface area contributed by atoms with Crippen LogP contribution in [-0.4, -0.2) is 19.7 Å². The second-order valence-electron chi connectivity index (χ2n) is 4.68. The molecular weight excluding hydrogens is 254 g/mol. The normalized spacial score (nSPS) is 10.7. The Hall–Kier alpha value is -2.15. The van der Waals surface area contributed by atoms with Crippen molar-refractivity contribution in [3.63, 3.8) is 0 Å². The molecule has 0 aromatic carbocycles. The minimum absolute atomic E-state index is 0.610. The summed E-state index contributed by atoms with van der Waals surface area (Å²) in [5, 5.41) is 7.71. The van der Waals surface area contributed by atoms with E-state index in [1.54, 1.807) is 6.07 Å². The van der Waals surface area contributed by atoms with E-state index in [-0.39, 0.29) is 0 Å². The van der Waals surface area contributed by atoms with Crippen LogP contribution in [0.2, 0.25) is 0 Å². The molecule has 20 heavy (non-hydrogen) atoms. The molecule has 2 heterocycles. The maximum Gasteiger partial charge on any atom is 0.145 e. The summed E-state index contributed by atoms with van der Waals surface area (Å²) >= 11 is 0. The summed E-state index contributed by atoms with van der Waals surface area (Å²) in [7, 11) is 1.95. The van der Waals surface area contributed by atoms with Gasteiger partial charge in [-0.2, -0.15) is 5.10 Å². The number of rotatable bonds is 5. The van der Waals surface area contributed by atoms with Gasteiger partial charge >= 0.3 is 0 Å². The van der Waals surface area contributed by atoms with Crippen molar-refractivity contribution in [3.8, 4) is 0 Å². The molecule has 7 nitrogen and oxygen atoms in total. The summed E-state index contributed by atoms with van der Waals surface area (Å²) in [5.74, 6) is 7.54. The summed E-state index contributed by atoms with van der Waals surface area (Å²) in [6, 6.07) is 1.79. The highest BCUT2D eigenvalue weighted by atomic mass is 15.3. The Bertz CT molecular complexity index is 581. The molecule has 108 valence electrons. The van der Waals surface area contributed by atoms with Crippen LogP contribution in [0.1, 0.15) is 29.7 Å². The molecule has 0 amide bonds. The number of aromatic nitrogens is 4. The minimum atomic E-state index is 0.610. The lowest BCUT2D eigenvalue weighted by molar-refractivity contribution is 0.730. The first-order chi connectivity index (χ1) is 9.55. The van der Waals surface area contributed by atoms with E-state index in [1.165, 1.54) is 5.56 Å². The third kappa shape index (κ3) is 2.88. The van der Waals surface area contributed by atoms with E-state index in [1.807, 2.05) is 25.6 Å². The highest BCUT2D eigenvalue weighted by molar-refractivity contribution is 5.47. The first kappa shape index (κ1) is 14.3. The maximum absolute atomic E-state index is 5.42. The van der Waals surface area contributed by atoms with Gasteiger partial charge in [-0.1, -0.05) is 6.92 Å². The van der Waals surface area contributed by atoms with Crippen molar-refractivity contribution in [2.24, 2.45) is 12.9 Å². The second-order valence-corrected chi connectivity index (χ2v) is 4.68. The Balaban J connectivity index is 2.18. The number of nitrogens with one attached hydrogen (secondary N) is 2. The lowest BCUT2D eigenvalue weighted by Crippen LogP contribution is -2.12. The van der Waals surface area contributed by atoms with E-state index in [0.717, 1.165) is 29.5 Å². The summed E-state index contributed by atoms with van der Waals surface area (Å²) < 4.78 is 1.89. The zero-order valence-corrected chi connectivity index (χ0v) is 12.4. The van der Waals surface area contributed by atoms with Gasteiger partial charge in [0.1, 0.15) is 17.5 Å². The van der Waals surface area contributed by atoms with Crippen molar-refractivity contribution >= 4 is 11.6 Å². The summed E-state index contributed by atoms with van der Waals surface area (Å²) in [6.45, 7) is 6.75. The number of hydrazine groups is 1. The summed E-state index contributed by atoms with van der Waals surface area (Å²) in [4.78, 5) is 8.70. The van der Waals surface area contributed by atoms with Crippen LogP contribution in [0.5, 0.6) is 0 Å². The average Bonchev–Trinajstić information content (AvgIpc) is 2.69. The van der Waals surface area contributed by atoms with Crippen molar-refractivity contribution in [3.05, 3.63) is 28.8 Å². The highest BCUT2D eigenvalue weighted by Gasteiger charge is 2.10. The Kier molecular flexibility index (Phi) is 4.19. The van der Waals surface area contributed by atoms with Crippen LogP contribution >= 0.6 is 0 Å². The predicted octanol–water partition coefficient (Wildman–Crippen LogP) is 1.29. The number of anilines is 2. The van der Waals surface area contributed by atoms with Crippen molar-refractivity contribution in [1.82, 2.24) is 19.7 Å². The van der Waals surface area contributed by atoms with Crippen LogP contribution in [0.3, 0.4) is 0 Å². The molecule has 0 aliphatic heterocycles. The SMILES string of the molecule is CCc1nc(NN)cc(NCc2c(C)nn(C)c2C)n1. The molecule has 2 rings (SSSR count). The average molecular weight is 275 g/mol. The van der Waals surface area contributed by atoms with E-state index in [0.29, 0.717) is 12.4 Å². The van der Waals surface area contributed by atoms with E-state index >= 15 is 0 Å². The molecule has 0 unspecified atom stereocenters. The Morgan fingerprint density at radius 2 is 1.95 bits per heavy atom. The van der Waals surface area contributed by atoms with Gasteiger partial charge in [-0.25, -0.2) is 15.8 Å². The van der Waals surface area contributed by atoms with E-state index in [9.17, 15) is 0 Å². The minimum Gasteiger partial charge on any atom is -0.366 e. The smallest absolute Gasteiger partial charge is 0.145 e. The van der Waals surface area contributed by atoms with E-state index < -0.39 is 0 Å². The Morgan fingerprint density at radius 1 is 1.25 bits per heavy atom. The molecule has 0 atom stereocenters. The molecule has 7 heteroatoms. The number of nitrogens with zero attached hydrogens (tertiary/aromatic N) is 4. The quantitative estimate of drug-likeness (QED) is 0.562. The molecule has 0 radical (unpaired) electrons. The molecule has 0 saturated carbocycles. The number of nitrogen functional groups attached to an aromatic ring is 1. The number of aryl methyl sites for hydroxylation is 3. The summed E-state index contributed by atoms with van der Waals surface area (Å²) in [5.41, 5.74) is 5.92.